The molecule has 0 heterocycles. The van der Waals surface area contributed by atoms with Crippen LogP contribution < -0.4 is 10.1 Å². The Morgan fingerprint density at radius 2 is 1.90 bits per heavy atom. The van der Waals surface area contributed by atoms with Crippen molar-refractivity contribution in [3.63, 3.8) is 0 Å². The van der Waals surface area contributed by atoms with Crippen LogP contribution in [0.25, 0.3) is 0 Å². The van der Waals surface area contributed by atoms with Gasteiger partial charge >= 0.3 is 0 Å². The van der Waals surface area contributed by atoms with Crippen LogP contribution in [0.4, 0.5) is 0 Å². The number of hydrogen-bond donors (Lipinski definition) is 1. The molecule has 0 bridgehead atoms. The summed E-state index contributed by atoms with van der Waals surface area (Å²) in [6.45, 7) is 2.11. The lowest BCUT2D eigenvalue weighted by Crippen LogP contribution is -2.18. The van der Waals surface area contributed by atoms with E-state index in [1.807, 2.05) is 30.9 Å². The summed E-state index contributed by atoms with van der Waals surface area (Å²) in [5.74, 6) is 1.90. The topological polar surface area (TPSA) is 21.3 Å². The fraction of sp³-hybridized carbons (Fsp3) is 0.294. The van der Waals surface area contributed by atoms with Crippen LogP contribution in [-0.4, -0.2) is 19.9 Å². The predicted molar refractivity (Wildman–Crippen MR) is 86.7 cm³/mol. The first-order chi connectivity index (χ1) is 9.72. The summed E-state index contributed by atoms with van der Waals surface area (Å²) >= 11 is 1.87. The van der Waals surface area contributed by atoms with E-state index >= 15 is 0 Å². The SMILES string of the molecule is CNC(CSc1ccc(C)cc1)c1cccc(OC)c1. The lowest BCUT2D eigenvalue weighted by atomic mass is 10.1. The van der Waals surface area contributed by atoms with Gasteiger partial charge in [0.1, 0.15) is 5.75 Å². The number of benzene rings is 2. The molecule has 2 rings (SSSR count). The Kier molecular flexibility index (Phi) is 5.50. The molecule has 0 saturated carbocycles. The van der Waals surface area contributed by atoms with Gasteiger partial charge in [-0.2, -0.15) is 0 Å². The van der Waals surface area contributed by atoms with E-state index in [1.54, 1.807) is 7.11 Å². The lowest BCUT2D eigenvalue weighted by molar-refractivity contribution is 0.413. The van der Waals surface area contributed by atoms with Crippen LogP contribution in [0.2, 0.25) is 0 Å². The molecule has 1 N–H and O–H groups in total. The molecule has 0 fully saturated rings. The molecule has 1 unspecified atom stereocenters. The molecule has 2 aromatic carbocycles. The second-order valence-electron chi connectivity index (χ2n) is 4.74. The summed E-state index contributed by atoms with van der Waals surface area (Å²) in [4.78, 5) is 1.30. The number of thioether (sulfide) groups is 1. The Labute approximate surface area is 125 Å². The van der Waals surface area contributed by atoms with E-state index in [1.165, 1.54) is 16.0 Å². The van der Waals surface area contributed by atoms with Crippen molar-refractivity contribution in [1.82, 2.24) is 5.32 Å². The van der Waals surface area contributed by atoms with Crippen molar-refractivity contribution in [2.45, 2.75) is 17.9 Å². The maximum atomic E-state index is 5.29. The van der Waals surface area contributed by atoms with Crippen molar-refractivity contribution in [1.29, 1.82) is 0 Å². The van der Waals surface area contributed by atoms with Crippen molar-refractivity contribution in [3.8, 4) is 5.75 Å². The minimum atomic E-state index is 0.316. The number of hydrogen-bond acceptors (Lipinski definition) is 3. The number of aryl methyl sites for hydroxylation is 1. The molecule has 0 saturated heterocycles. The second kappa shape index (κ2) is 7.36. The zero-order chi connectivity index (χ0) is 14.4. The molecule has 1 atom stereocenters. The van der Waals surface area contributed by atoms with Crippen LogP contribution in [0, 0.1) is 6.92 Å². The Morgan fingerprint density at radius 3 is 2.55 bits per heavy atom. The summed E-state index contributed by atoms with van der Waals surface area (Å²) in [5, 5.41) is 3.37. The van der Waals surface area contributed by atoms with E-state index in [-0.39, 0.29) is 0 Å². The normalized spacial score (nSPS) is 12.2. The number of nitrogens with one attached hydrogen (secondary N) is 1. The van der Waals surface area contributed by atoms with Crippen LogP contribution in [0.3, 0.4) is 0 Å². The second-order valence-corrected chi connectivity index (χ2v) is 5.84. The summed E-state index contributed by atoms with van der Waals surface area (Å²) < 4.78 is 5.29. The average Bonchev–Trinajstić information content (AvgIpc) is 2.50. The highest BCUT2D eigenvalue weighted by Gasteiger charge is 2.10. The zero-order valence-corrected chi connectivity index (χ0v) is 13.0. The summed E-state index contributed by atoms with van der Waals surface area (Å²) in [6.07, 6.45) is 0. The van der Waals surface area contributed by atoms with Gasteiger partial charge in [-0.05, 0) is 43.8 Å². The van der Waals surface area contributed by atoms with Gasteiger partial charge in [-0.1, -0.05) is 29.8 Å². The zero-order valence-electron chi connectivity index (χ0n) is 12.2. The van der Waals surface area contributed by atoms with Crippen molar-refractivity contribution >= 4 is 11.8 Å². The molecule has 0 amide bonds. The molecule has 0 spiro atoms. The first-order valence-electron chi connectivity index (χ1n) is 6.73. The molecule has 20 heavy (non-hydrogen) atoms. The Bertz CT molecular complexity index is 539. The van der Waals surface area contributed by atoms with E-state index in [2.05, 4.69) is 48.6 Å². The molecule has 0 aliphatic rings. The Morgan fingerprint density at radius 1 is 1.15 bits per heavy atom. The van der Waals surface area contributed by atoms with E-state index in [0.29, 0.717) is 6.04 Å². The van der Waals surface area contributed by atoms with Crippen LogP contribution in [0.5, 0.6) is 5.75 Å². The fourth-order valence-corrected chi connectivity index (χ4v) is 3.07. The van der Waals surface area contributed by atoms with E-state index < -0.39 is 0 Å². The van der Waals surface area contributed by atoms with Gasteiger partial charge in [0, 0.05) is 16.7 Å². The summed E-state index contributed by atoms with van der Waals surface area (Å²) in [5.41, 5.74) is 2.55. The average molecular weight is 287 g/mol. The number of rotatable bonds is 6. The van der Waals surface area contributed by atoms with Crippen LogP contribution in [-0.2, 0) is 0 Å². The van der Waals surface area contributed by atoms with Gasteiger partial charge in [0.05, 0.1) is 7.11 Å². The smallest absolute Gasteiger partial charge is 0.119 e. The third-order valence-electron chi connectivity index (χ3n) is 3.28. The van der Waals surface area contributed by atoms with Gasteiger partial charge < -0.3 is 10.1 Å². The van der Waals surface area contributed by atoms with Gasteiger partial charge in [0.15, 0.2) is 0 Å². The van der Waals surface area contributed by atoms with Gasteiger partial charge in [-0.25, -0.2) is 0 Å². The van der Waals surface area contributed by atoms with Crippen molar-refractivity contribution in [3.05, 3.63) is 59.7 Å². The standard InChI is InChI=1S/C17H21NOS/c1-13-7-9-16(10-8-13)20-12-17(18-2)14-5-4-6-15(11-14)19-3/h4-11,17-18H,12H2,1-3H3. The molecule has 106 valence electrons. The highest BCUT2D eigenvalue weighted by atomic mass is 32.2. The third-order valence-corrected chi connectivity index (χ3v) is 4.39. The maximum Gasteiger partial charge on any atom is 0.119 e. The predicted octanol–water partition coefficient (Wildman–Crippen LogP) is 4.06. The van der Waals surface area contributed by atoms with Crippen molar-refractivity contribution < 1.29 is 4.74 Å². The maximum absolute atomic E-state index is 5.29. The highest BCUT2D eigenvalue weighted by Crippen LogP contribution is 2.26. The van der Waals surface area contributed by atoms with E-state index in [4.69, 9.17) is 4.74 Å². The first-order valence-corrected chi connectivity index (χ1v) is 7.72. The molecule has 3 heteroatoms. The third kappa shape index (κ3) is 4.02. The largest absolute Gasteiger partial charge is 0.497 e. The minimum Gasteiger partial charge on any atom is -0.497 e. The van der Waals surface area contributed by atoms with Crippen LogP contribution in [0.1, 0.15) is 17.2 Å². The molecular formula is C17H21NOS. The number of ether oxygens (including phenoxy) is 1. The first kappa shape index (κ1) is 14.9. The quantitative estimate of drug-likeness (QED) is 0.810. The van der Waals surface area contributed by atoms with Gasteiger partial charge in [-0.15, -0.1) is 11.8 Å². The van der Waals surface area contributed by atoms with Gasteiger partial charge in [-0.3, -0.25) is 0 Å². The number of methoxy groups -OCH3 is 1. The van der Waals surface area contributed by atoms with Gasteiger partial charge in [0.2, 0.25) is 0 Å². The molecule has 2 aromatic rings. The summed E-state index contributed by atoms with van der Waals surface area (Å²) in [7, 11) is 3.70. The van der Waals surface area contributed by atoms with Crippen molar-refractivity contribution in [2.75, 3.05) is 19.9 Å². The van der Waals surface area contributed by atoms with Crippen LogP contribution in [0.15, 0.2) is 53.4 Å². The minimum absolute atomic E-state index is 0.316. The monoisotopic (exact) mass is 287 g/mol. The molecule has 0 radical (unpaired) electrons. The Balaban J connectivity index is 2.03. The molecule has 2 nitrogen and oxygen atoms in total. The van der Waals surface area contributed by atoms with E-state index in [9.17, 15) is 0 Å². The molecule has 0 aliphatic heterocycles. The van der Waals surface area contributed by atoms with Crippen LogP contribution >= 0.6 is 11.8 Å². The molecular weight excluding hydrogens is 266 g/mol. The van der Waals surface area contributed by atoms with Crippen molar-refractivity contribution in [2.24, 2.45) is 0 Å². The molecule has 0 aliphatic carbocycles. The van der Waals surface area contributed by atoms with Gasteiger partial charge in [0.25, 0.3) is 0 Å². The van der Waals surface area contributed by atoms with E-state index in [0.717, 1.165) is 11.5 Å². The highest BCUT2D eigenvalue weighted by molar-refractivity contribution is 7.99. The summed E-state index contributed by atoms with van der Waals surface area (Å²) in [6, 6.07) is 17.2. The molecule has 0 aromatic heterocycles. The Hall–Kier alpha value is -1.45. The fourth-order valence-electron chi connectivity index (χ4n) is 2.02. The lowest BCUT2D eigenvalue weighted by Gasteiger charge is -2.17.